The van der Waals surface area contributed by atoms with Crippen LogP contribution in [0.2, 0.25) is 0 Å². The first-order valence-electron chi connectivity index (χ1n) is 5.93. The third kappa shape index (κ3) is 1.70. The van der Waals surface area contributed by atoms with Crippen LogP contribution < -0.4 is 0 Å². The smallest absolute Gasteiger partial charge is 0.0746 e. The summed E-state index contributed by atoms with van der Waals surface area (Å²) in [7, 11) is 0. The fraction of sp³-hybridized carbons (Fsp3) is 1.00. The van der Waals surface area contributed by atoms with Crippen LogP contribution >= 0.6 is 0 Å². The number of aliphatic hydroxyl groups is 1. The molecule has 2 heteroatoms. The average Bonchev–Trinajstić information content (AvgIpc) is 2.60. The minimum atomic E-state index is -0.118. The lowest BCUT2D eigenvalue weighted by molar-refractivity contribution is 0.0215. The fourth-order valence-electron chi connectivity index (χ4n) is 3.00. The highest BCUT2D eigenvalue weighted by Crippen LogP contribution is 2.40. The second-order valence-corrected chi connectivity index (χ2v) is 5.93. The van der Waals surface area contributed by atoms with E-state index >= 15 is 0 Å². The summed E-state index contributed by atoms with van der Waals surface area (Å²) in [4.78, 5) is 2.50. The molecule has 2 rings (SSSR count). The van der Waals surface area contributed by atoms with Crippen molar-refractivity contribution in [2.45, 2.75) is 52.2 Å². The molecule has 2 aliphatic rings. The number of rotatable bonds is 1. The first-order valence-corrected chi connectivity index (χ1v) is 5.93. The molecule has 3 atom stereocenters. The quantitative estimate of drug-likeness (QED) is 0.694. The predicted octanol–water partition coefficient (Wildman–Crippen LogP) is 1.88. The highest BCUT2D eigenvalue weighted by atomic mass is 16.3. The third-order valence-electron chi connectivity index (χ3n) is 4.17. The lowest BCUT2D eigenvalue weighted by Gasteiger charge is -2.31. The van der Waals surface area contributed by atoms with Gasteiger partial charge in [0.25, 0.3) is 0 Å². The molecule has 0 spiro atoms. The molecule has 1 saturated heterocycles. The van der Waals surface area contributed by atoms with E-state index in [1.165, 1.54) is 32.4 Å². The molecular formula is C12H23NO. The first kappa shape index (κ1) is 10.4. The molecule has 0 amide bonds. The summed E-state index contributed by atoms with van der Waals surface area (Å²) in [6.07, 6.45) is 3.54. The van der Waals surface area contributed by atoms with Crippen LogP contribution in [0.4, 0.5) is 0 Å². The predicted molar refractivity (Wildman–Crippen MR) is 58.2 cm³/mol. The number of hydrogen-bond donors (Lipinski definition) is 1. The van der Waals surface area contributed by atoms with Crippen LogP contribution in [0.15, 0.2) is 0 Å². The molecule has 1 aliphatic heterocycles. The van der Waals surface area contributed by atoms with Crippen molar-refractivity contribution in [3.8, 4) is 0 Å². The average molecular weight is 197 g/mol. The lowest BCUT2D eigenvalue weighted by atomic mass is 9.88. The van der Waals surface area contributed by atoms with Crippen molar-refractivity contribution >= 4 is 0 Å². The third-order valence-corrected chi connectivity index (χ3v) is 4.17. The molecule has 3 unspecified atom stereocenters. The van der Waals surface area contributed by atoms with Gasteiger partial charge in [-0.2, -0.15) is 0 Å². The van der Waals surface area contributed by atoms with E-state index in [1.807, 2.05) is 0 Å². The van der Waals surface area contributed by atoms with Gasteiger partial charge in [0, 0.05) is 12.6 Å². The van der Waals surface area contributed by atoms with Crippen LogP contribution in [0.1, 0.15) is 40.0 Å². The zero-order valence-corrected chi connectivity index (χ0v) is 9.66. The summed E-state index contributed by atoms with van der Waals surface area (Å²) in [6, 6.07) is 0.440. The molecule has 2 fully saturated rings. The summed E-state index contributed by atoms with van der Waals surface area (Å²) >= 11 is 0. The molecule has 0 aromatic rings. The zero-order chi connectivity index (χ0) is 10.3. The zero-order valence-electron chi connectivity index (χ0n) is 9.66. The molecule has 82 valence electrons. The fourth-order valence-corrected chi connectivity index (χ4v) is 3.00. The molecule has 1 N–H and O–H groups in total. The van der Waals surface area contributed by atoms with Gasteiger partial charge < -0.3 is 5.11 Å². The summed E-state index contributed by atoms with van der Waals surface area (Å²) in [5, 5.41) is 10.2. The van der Waals surface area contributed by atoms with E-state index in [4.69, 9.17) is 0 Å². The van der Waals surface area contributed by atoms with Gasteiger partial charge in [0.1, 0.15) is 0 Å². The lowest BCUT2D eigenvalue weighted by Crippen LogP contribution is -2.42. The number of aliphatic hydroxyl groups excluding tert-OH is 1. The molecule has 0 aromatic heterocycles. The Hall–Kier alpha value is -0.0800. The highest BCUT2D eigenvalue weighted by molar-refractivity contribution is 4.97. The largest absolute Gasteiger partial charge is 0.391 e. The molecule has 1 aliphatic carbocycles. The highest BCUT2D eigenvalue weighted by Gasteiger charge is 2.44. The molecule has 0 aromatic carbocycles. The van der Waals surface area contributed by atoms with Crippen molar-refractivity contribution < 1.29 is 5.11 Å². The Kier molecular flexibility index (Phi) is 2.61. The van der Waals surface area contributed by atoms with Gasteiger partial charge >= 0.3 is 0 Å². The van der Waals surface area contributed by atoms with E-state index in [1.54, 1.807) is 0 Å². The summed E-state index contributed by atoms with van der Waals surface area (Å²) in [6.45, 7) is 9.08. The van der Waals surface area contributed by atoms with E-state index in [0.29, 0.717) is 6.04 Å². The standard InChI is InChI=1S/C12H23NO/c1-9-5-7-13(8-9)10-4-6-12(2,3)11(10)14/h9-11,14H,4-8H2,1-3H3. The van der Waals surface area contributed by atoms with E-state index in [2.05, 4.69) is 25.7 Å². The van der Waals surface area contributed by atoms with Crippen LogP contribution in [-0.2, 0) is 0 Å². The van der Waals surface area contributed by atoms with Crippen molar-refractivity contribution in [1.82, 2.24) is 4.90 Å². The Morgan fingerprint density at radius 3 is 2.43 bits per heavy atom. The van der Waals surface area contributed by atoms with Crippen LogP contribution in [0.5, 0.6) is 0 Å². The van der Waals surface area contributed by atoms with E-state index in [9.17, 15) is 5.11 Å². The molecule has 1 heterocycles. The molecule has 1 saturated carbocycles. The van der Waals surface area contributed by atoms with Gasteiger partial charge in [0.2, 0.25) is 0 Å². The van der Waals surface area contributed by atoms with Gasteiger partial charge in [-0.3, -0.25) is 4.90 Å². The van der Waals surface area contributed by atoms with Gasteiger partial charge in [-0.25, -0.2) is 0 Å². The van der Waals surface area contributed by atoms with E-state index in [0.717, 1.165) is 5.92 Å². The Bertz CT molecular complexity index is 214. The Labute approximate surface area is 87.3 Å². The monoisotopic (exact) mass is 197 g/mol. The first-order chi connectivity index (χ1) is 6.50. The normalized spacial score (nSPS) is 43.3. The van der Waals surface area contributed by atoms with E-state index in [-0.39, 0.29) is 11.5 Å². The molecule has 0 radical (unpaired) electrons. The van der Waals surface area contributed by atoms with E-state index < -0.39 is 0 Å². The SMILES string of the molecule is CC1CCN(C2CCC(C)(C)C2O)C1. The minimum absolute atomic E-state index is 0.118. The molecule has 2 nitrogen and oxygen atoms in total. The second-order valence-electron chi connectivity index (χ2n) is 5.93. The minimum Gasteiger partial charge on any atom is -0.391 e. The number of likely N-dealkylation sites (tertiary alicyclic amines) is 1. The Morgan fingerprint density at radius 1 is 1.29 bits per heavy atom. The molecule has 0 bridgehead atoms. The van der Waals surface area contributed by atoms with Crippen LogP contribution in [0.25, 0.3) is 0 Å². The Morgan fingerprint density at radius 2 is 2.00 bits per heavy atom. The van der Waals surface area contributed by atoms with Gasteiger partial charge in [-0.15, -0.1) is 0 Å². The number of nitrogens with zero attached hydrogens (tertiary/aromatic N) is 1. The maximum absolute atomic E-state index is 10.2. The van der Waals surface area contributed by atoms with Gasteiger partial charge in [-0.1, -0.05) is 20.8 Å². The van der Waals surface area contributed by atoms with Gasteiger partial charge in [0.05, 0.1) is 6.10 Å². The van der Waals surface area contributed by atoms with Gasteiger partial charge in [-0.05, 0) is 37.1 Å². The Balaban J connectivity index is 2.00. The van der Waals surface area contributed by atoms with Crippen molar-refractivity contribution in [2.75, 3.05) is 13.1 Å². The van der Waals surface area contributed by atoms with Crippen molar-refractivity contribution in [2.24, 2.45) is 11.3 Å². The molecule has 14 heavy (non-hydrogen) atoms. The maximum atomic E-state index is 10.2. The number of hydrogen-bond acceptors (Lipinski definition) is 2. The van der Waals surface area contributed by atoms with Crippen molar-refractivity contribution in [1.29, 1.82) is 0 Å². The van der Waals surface area contributed by atoms with Gasteiger partial charge in [0.15, 0.2) is 0 Å². The van der Waals surface area contributed by atoms with Crippen LogP contribution in [0, 0.1) is 11.3 Å². The van der Waals surface area contributed by atoms with Crippen molar-refractivity contribution in [3.05, 3.63) is 0 Å². The summed E-state index contributed by atoms with van der Waals surface area (Å²) in [5.74, 6) is 0.825. The topological polar surface area (TPSA) is 23.5 Å². The summed E-state index contributed by atoms with van der Waals surface area (Å²) < 4.78 is 0. The van der Waals surface area contributed by atoms with Crippen molar-refractivity contribution in [3.63, 3.8) is 0 Å². The maximum Gasteiger partial charge on any atom is 0.0746 e. The van der Waals surface area contributed by atoms with Crippen LogP contribution in [-0.4, -0.2) is 35.2 Å². The van der Waals surface area contributed by atoms with Crippen LogP contribution in [0.3, 0.4) is 0 Å². The second kappa shape index (κ2) is 3.49. The molecular weight excluding hydrogens is 174 g/mol. The summed E-state index contributed by atoms with van der Waals surface area (Å²) in [5.41, 5.74) is 0.135.